The van der Waals surface area contributed by atoms with Crippen LogP contribution in [-0.4, -0.2) is 66.0 Å². The average molecular weight is 361 g/mol. The largest absolute Gasteiger partial charge is 0.383 e. The summed E-state index contributed by atoms with van der Waals surface area (Å²) >= 11 is 0. The van der Waals surface area contributed by atoms with Crippen LogP contribution in [0.4, 0.5) is 0 Å². The van der Waals surface area contributed by atoms with Crippen LogP contribution in [0.15, 0.2) is 12.3 Å². The van der Waals surface area contributed by atoms with E-state index in [2.05, 4.69) is 9.47 Å². The topological polar surface area (TPSA) is 54.8 Å². The Morgan fingerprint density at radius 2 is 2.12 bits per heavy atom. The van der Waals surface area contributed by atoms with Crippen molar-refractivity contribution in [3.63, 3.8) is 0 Å². The van der Waals surface area contributed by atoms with Crippen molar-refractivity contribution in [2.45, 2.75) is 39.2 Å². The van der Waals surface area contributed by atoms with Crippen LogP contribution in [0.5, 0.6) is 0 Å². The maximum atomic E-state index is 12.2. The lowest BCUT2D eigenvalue weighted by Crippen LogP contribution is -2.54. The van der Waals surface area contributed by atoms with E-state index in [-0.39, 0.29) is 17.1 Å². The van der Waals surface area contributed by atoms with E-state index in [9.17, 15) is 9.59 Å². The number of amides is 1. The molecule has 2 aliphatic heterocycles. The number of nitrogens with zero attached hydrogens (tertiary/aromatic N) is 3. The number of hydrogen-bond donors (Lipinski definition) is 0. The molecule has 1 aromatic rings. The van der Waals surface area contributed by atoms with Gasteiger partial charge in [0.1, 0.15) is 0 Å². The van der Waals surface area contributed by atoms with Crippen molar-refractivity contribution in [1.29, 1.82) is 0 Å². The number of aryl methyl sites for hydroxylation is 1. The van der Waals surface area contributed by atoms with Gasteiger partial charge in [0.25, 0.3) is 0 Å². The Labute approximate surface area is 156 Å². The molecule has 3 heterocycles. The molecule has 0 bridgehead atoms. The molecule has 1 atom stereocenters. The molecular formula is C20H31N3O3. The molecular weight excluding hydrogens is 330 g/mol. The SMILES string of the molecule is COCCN1C[C@@]2(CCCN(Cc3cc(C(C)=O)cn3C)C2)CCC1=O. The van der Waals surface area contributed by atoms with Gasteiger partial charge in [-0.25, -0.2) is 0 Å². The van der Waals surface area contributed by atoms with Crippen molar-refractivity contribution in [3.8, 4) is 0 Å². The van der Waals surface area contributed by atoms with Crippen molar-refractivity contribution in [2.24, 2.45) is 12.5 Å². The van der Waals surface area contributed by atoms with Crippen molar-refractivity contribution in [3.05, 3.63) is 23.5 Å². The highest BCUT2D eigenvalue weighted by Gasteiger charge is 2.41. The van der Waals surface area contributed by atoms with E-state index < -0.39 is 0 Å². The summed E-state index contributed by atoms with van der Waals surface area (Å²) < 4.78 is 7.23. The minimum atomic E-state index is 0.113. The fourth-order valence-electron chi connectivity index (χ4n) is 4.47. The molecule has 2 fully saturated rings. The van der Waals surface area contributed by atoms with Crippen LogP contribution < -0.4 is 0 Å². The zero-order valence-corrected chi connectivity index (χ0v) is 16.3. The molecule has 1 spiro atoms. The lowest BCUT2D eigenvalue weighted by Gasteiger charge is -2.48. The molecule has 3 rings (SSSR count). The first-order valence-electron chi connectivity index (χ1n) is 9.58. The number of methoxy groups -OCH3 is 1. The molecule has 0 radical (unpaired) electrons. The van der Waals surface area contributed by atoms with Gasteiger partial charge in [-0.05, 0) is 38.8 Å². The van der Waals surface area contributed by atoms with Gasteiger partial charge in [-0.1, -0.05) is 0 Å². The number of rotatable bonds is 6. The first kappa shape index (κ1) is 19.1. The summed E-state index contributed by atoms with van der Waals surface area (Å²) in [5.41, 5.74) is 2.16. The molecule has 1 aromatic heterocycles. The molecule has 0 N–H and O–H groups in total. The number of piperidine rings is 2. The molecule has 26 heavy (non-hydrogen) atoms. The predicted molar refractivity (Wildman–Crippen MR) is 100 cm³/mol. The third-order valence-electron chi connectivity index (χ3n) is 5.95. The summed E-state index contributed by atoms with van der Waals surface area (Å²) in [4.78, 5) is 28.3. The molecule has 2 saturated heterocycles. The van der Waals surface area contributed by atoms with E-state index in [1.165, 1.54) is 12.1 Å². The molecule has 0 aromatic carbocycles. The lowest BCUT2D eigenvalue weighted by molar-refractivity contribution is -0.140. The van der Waals surface area contributed by atoms with Crippen molar-refractivity contribution in [2.75, 3.05) is 39.9 Å². The Morgan fingerprint density at radius 1 is 1.31 bits per heavy atom. The van der Waals surface area contributed by atoms with Gasteiger partial charge in [-0.3, -0.25) is 14.5 Å². The zero-order valence-electron chi connectivity index (χ0n) is 16.3. The number of Topliss-reactive ketones (excluding diaryl/α,β-unsaturated/α-hetero) is 1. The van der Waals surface area contributed by atoms with Crippen LogP contribution in [0, 0.1) is 5.41 Å². The summed E-state index contributed by atoms with van der Waals surface area (Å²) in [6, 6.07) is 2.01. The number of carbonyl (C=O) groups is 2. The van der Waals surface area contributed by atoms with Gasteiger partial charge in [0.15, 0.2) is 5.78 Å². The first-order valence-corrected chi connectivity index (χ1v) is 9.58. The standard InChI is InChI=1S/C20H31N3O3/c1-16(24)17-11-18(21(2)12-17)13-22-8-4-6-20(14-22)7-5-19(25)23(15-20)9-10-26-3/h11-12H,4-10,13-15H2,1-3H3/t20-/m0/s1. The highest BCUT2D eigenvalue weighted by atomic mass is 16.5. The summed E-state index contributed by atoms with van der Waals surface area (Å²) in [7, 11) is 3.69. The number of ether oxygens (including phenoxy) is 1. The van der Waals surface area contributed by atoms with Crippen LogP contribution in [-0.2, 0) is 23.1 Å². The third kappa shape index (κ3) is 4.18. The Balaban J connectivity index is 1.67. The Morgan fingerprint density at radius 3 is 2.81 bits per heavy atom. The fourth-order valence-corrected chi connectivity index (χ4v) is 4.47. The van der Waals surface area contributed by atoms with Gasteiger partial charge in [-0.15, -0.1) is 0 Å². The van der Waals surface area contributed by atoms with Crippen molar-refractivity contribution >= 4 is 11.7 Å². The molecule has 6 nitrogen and oxygen atoms in total. The second-order valence-corrected chi connectivity index (χ2v) is 8.01. The van der Waals surface area contributed by atoms with Gasteiger partial charge in [-0.2, -0.15) is 0 Å². The smallest absolute Gasteiger partial charge is 0.222 e. The van der Waals surface area contributed by atoms with Gasteiger partial charge < -0.3 is 14.2 Å². The van der Waals surface area contributed by atoms with Crippen LogP contribution >= 0.6 is 0 Å². The second-order valence-electron chi connectivity index (χ2n) is 8.01. The van der Waals surface area contributed by atoms with Gasteiger partial charge in [0.2, 0.25) is 5.91 Å². The van der Waals surface area contributed by atoms with Crippen LogP contribution in [0.3, 0.4) is 0 Å². The fraction of sp³-hybridized carbons (Fsp3) is 0.700. The van der Waals surface area contributed by atoms with Gasteiger partial charge >= 0.3 is 0 Å². The lowest BCUT2D eigenvalue weighted by atomic mass is 9.73. The summed E-state index contributed by atoms with van der Waals surface area (Å²) in [5, 5.41) is 0. The van der Waals surface area contributed by atoms with Crippen LogP contribution in [0.25, 0.3) is 0 Å². The Kier molecular flexibility index (Phi) is 5.82. The van der Waals surface area contributed by atoms with E-state index in [1.54, 1.807) is 14.0 Å². The van der Waals surface area contributed by atoms with E-state index in [1.807, 2.05) is 24.2 Å². The van der Waals surface area contributed by atoms with Gasteiger partial charge in [0, 0.05) is 69.6 Å². The Hall–Kier alpha value is -1.66. The normalized spacial score (nSPS) is 24.4. The molecule has 2 aliphatic rings. The zero-order chi connectivity index (χ0) is 18.7. The van der Waals surface area contributed by atoms with Crippen molar-refractivity contribution in [1.82, 2.24) is 14.4 Å². The first-order chi connectivity index (χ1) is 12.4. The quantitative estimate of drug-likeness (QED) is 0.728. The molecule has 0 unspecified atom stereocenters. The van der Waals surface area contributed by atoms with Crippen molar-refractivity contribution < 1.29 is 14.3 Å². The number of carbonyl (C=O) groups excluding carboxylic acids is 2. The molecule has 0 aliphatic carbocycles. The van der Waals surface area contributed by atoms with Crippen LogP contribution in [0.1, 0.15) is 48.7 Å². The monoisotopic (exact) mass is 361 g/mol. The molecule has 144 valence electrons. The predicted octanol–water partition coefficient (Wildman–Crippen LogP) is 2.08. The minimum absolute atomic E-state index is 0.113. The van der Waals surface area contributed by atoms with E-state index in [4.69, 9.17) is 4.74 Å². The Bertz CT molecular complexity index is 669. The van der Waals surface area contributed by atoms with Crippen LogP contribution in [0.2, 0.25) is 0 Å². The maximum absolute atomic E-state index is 12.2. The second kappa shape index (κ2) is 7.92. The minimum Gasteiger partial charge on any atom is -0.383 e. The highest BCUT2D eigenvalue weighted by molar-refractivity contribution is 5.94. The highest BCUT2D eigenvalue weighted by Crippen LogP contribution is 2.39. The number of ketones is 1. The summed E-state index contributed by atoms with van der Waals surface area (Å²) in [6.45, 7) is 6.70. The average Bonchev–Trinajstić information content (AvgIpc) is 2.97. The summed E-state index contributed by atoms with van der Waals surface area (Å²) in [5.74, 6) is 0.375. The van der Waals surface area contributed by atoms with E-state index >= 15 is 0 Å². The van der Waals surface area contributed by atoms with E-state index in [0.717, 1.165) is 44.6 Å². The molecule has 0 saturated carbocycles. The summed E-state index contributed by atoms with van der Waals surface area (Å²) in [6.07, 6.45) is 5.90. The van der Waals surface area contributed by atoms with E-state index in [0.29, 0.717) is 19.6 Å². The number of likely N-dealkylation sites (tertiary alicyclic amines) is 2. The molecule has 1 amide bonds. The molecule has 6 heteroatoms. The number of hydrogen-bond acceptors (Lipinski definition) is 4. The maximum Gasteiger partial charge on any atom is 0.222 e. The van der Waals surface area contributed by atoms with Gasteiger partial charge in [0.05, 0.1) is 6.61 Å². The third-order valence-corrected chi connectivity index (χ3v) is 5.95. The number of aromatic nitrogens is 1.